The Hall–Kier alpha value is -2.79. The number of benzene rings is 2. The molecule has 3 rings (SSSR count). The van der Waals surface area contributed by atoms with E-state index in [1.807, 2.05) is 53.3 Å². The van der Waals surface area contributed by atoms with Crippen LogP contribution in [-0.2, 0) is 13.1 Å². The summed E-state index contributed by atoms with van der Waals surface area (Å²) in [6.07, 6.45) is 3.66. The van der Waals surface area contributed by atoms with E-state index in [9.17, 15) is 4.79 Å². The molecular formula is C18H17ClN4O. The molecule has 5 nitrogen and oxygen atoms in total. The van der Waals surface area contributed by atoms with Crippen molar-refractivity contribution >= 4 is 23.3 Å². The zero-order valence-electron chi connectivity index (χ0n) is 12.9. The summed E-state index contributed by atoms with van der Waals surface area (Å²) in [6, 6.07) is 16.7. The maximum Gasteiger partial charge on any atom is 0.319 e. The fourth-order valence-electron chi connectivity index (χ4n) is 2.36. The number of aromatic nitrogens is 2. The molecule has 0 fully saturated rings. The molecule has 0 aliphatic rings. The average molecular weight is 341 g/mol. The lowest BCUT2D eigenvalue weighted by atomic mass is 10.1. The van der Waals surface area contributed by atoms with Gasteiger partial charge in [-0.2, -0.15) is 5.10 Å². The predicted octanol–water partition coefficient (Wildman–Crippen LogP) is 3.91. The number of nitrogens with one attached hydrogen (secondary N) is 2. The first-order valence-corrected chi connectivity index (χ1v) is 7.94. The van der Waals surface area contributed by atoms with Crippen LogP contribution in [0.15, 0.2) is 67.0 Å². The second-order valence-electron chi connectivity index (χ2n) is 5.26. The minimum absolute atomic E-state index is 0.294. The number of anilines is 1. The minimum Gasteiger partial charge on any atom is -0.334 e. The Morgan fingerprint density at radius 2 is 1.79 bits per heavy atom. The molecule has 1 aromatic heterocycles. The van der Waals surface area contributed by atoms with Crippen LogP contribution >= 0.6 is 11.6 Å². The molecule has 0 saturated heterocycles. The SMILES string of the molecule is O=C(NCc1ccccc1Cn1cccn1)Nc1ccccc1Cl. The van der Waals surface area contributed by atoms with Crippen LogP contribution in [0.2, 0.25) is 5.02 Å². The van der Waals surface area contributed by atoms with Crippen LogP contribution in [0.5, 0.6) is 0 Å². The zero-order valence-corrected chi connectivity index (χ0v) is 13.7. The van der Waals surface area contributed by atoms with Gasteiger partial charge in [0, 0.05) is 18.9 Å². The van der Waals surface area contributed by atoms with Gasteiger partial charge < -0.3 is 10.6 Å². The van der Waals surface area contributed by atoms with Crippen molar-refractivity contribution in [1.82, 2.24) is 15.1 Å². The maximum atomic E-state index is 12.1. The first-order valence-electron chi connectivity index (χ1n) is 7.56. The highest BCUT2D eigenvalue weighted by Crippen LogP contribution is 2.20. The van der Waals surface area contributed by atoms with Gasteiger partial charge in [0.1, 0.15) is 0 Å². The minimum atomic E-state index is -0.294. The average Bonchev–Trinajstić information content (AvgIpc) is 3.09. The Balaban J connectivity index is 1.62. The van der Waals surface area contributed by atoms with Crippen molar-refractivity contribution in [3.05, 3.63) is 83.1 Å². The molecule has 0 unspecified atom stereocenters. The highest BCUT2D eigenvalue weighted by atomic mass is 35.5. The fraction of sp³-hybridized carbons (Fsp3) is 0.111. The number of urea groups is 1. The Kier molecular flexibility index (Phi) is 5.13. The predicted molar refractivity (Wildman–Crippen MR) is 95.1 cm³/mol. The van der Waals surface area contributed by atoms with Gasteiger partial charge >= 0.3 is 6.03 Å². The molecule has 2 N–H and O–H groups in total. The quantitative estimate of drug-likeness (QED) is 0.740. The normalized spacial score (nSPS) is 10.4. The maximum absolute atomic E-state index is 12.1. The van der Waals surface area contributed by atoms with Gasteiger partial charge in [0.05, 0.1) is 17.3 Å². The number of amides is 2. The van der Waals surface area contributed by atoms with E-state index in [4.69, 9.17) is 11.6 Å². The Morgan fingerprint density at radius 1 is 1.04 bits per heavy atom. The molecule has 2 amide bonds. The van der Waals surface area contributed by atoms with E-state index in [0.717, 1.165) is 11.1 Å². The number of hydrogen-bond acceptors (Lipinski definition) is 2. The number of hydrogen-bond donors (Lipinski definition) is 2. The van der Waals surface area contributed by atoms with E-state index in [-0.39, 0.29) is 6.03 Å². The van der Waals surface area contributed by atoms with E-state index >= 15 is 0 Å². The topological polar surface area (TPSA) is 59.0 Å². The number of carbonyl (C=O) groups excluding carboxylic acids is 1. The summed E-state index contributed by atoms with van der Waals surface area (Å²) in [5, 5.41) is 10.3. The highest BCUT2D eigenvalue weighted by molar-refractivity contribution is 6.33. The summed E-state index contributed by atoms with van der Waals surface area (Å²) < 4.78 is 1.85. The highest BCUT2D eigenvalue weighted by Gasteiger charge is 2.07. The first-order chi connectivity index (χ1) is 11.7. The Morgan fingerprint density at radius 3 is 2.54 bits per heavy atom. The van der Waals surface area contributed by atoms with Gasteiger partial charge in [-0.05, 0) is 29.3 Å². The van der Waals surface area contributed by atoms with Crippen molar-refractivity contribution < 1.29 is 4.79 Å². The van der Waals surface area contributed by atoms with E-state index in [0.29, 0.717) is 23.8 Å². The van der Waals surface area contributed by atoms with Crippen LogP contribution in [0.25, 0.3) is 0 Å². The van der Waals surface area contributed by atoms with Gasteiger partial charge in [0.25, 0.3) is 0 Å². The van der Waals surface area contributed by atoms with Crippen molar-refractivity contribution in [3.8, 4) is 0 Å². The molecule has 1 heterocycles. The number of halogens is 1. The number of carbonyl (C=O) groups is 1. The fourth-order valence-corrected chi connectivity index (χ4v) is 2.54. The second kappa shape index (κ2) is 7.66. The first kappa shape index (κ1) is 16.1. The third kappa shape index (κ3) is 4.14. The van der Waals surface area contributed by atoms with Crippen molar-refractivity contribution in [2.45, 2.75) is 13.1 Å². The molecule has 2 aromatic carbocycles. The van der Waals surface area contributed by atoms with Gasteiger partial charge in [-0.1, -0.05) is 48.0 Å². The summed E-state index contributed by atoms with van der Waals surface area (Å²) in [7, 11) is 0. The Labute approximate surface area is 145 Å². The van der Waals surface area contributed by atoms with Gasteiger partial charge in [-0.3, -0.25) is 4.68 Å². The third-order valence-electron chi connectivity index (χ3n) is 3.57. The van der Waals surface area contributed by atoms with Crippen molar-refractivity contribution in [3.63, 3.8) is 0 Å². The van der Waals surface area contributed by atoms with Gasteiger partial charge in [-0.25, -0.2) is 4.79 Å². The molecule has 0 saturated carbocycles. The van der Waals surface area contributed by atoms with Gasteiger partial charge in [0.15, 0.2) is 0 Å². The molecular weight excluding hydrogens is 324 g/mol. The summed E-state index contributed by atoms with van der Waals surface area (Å²) >= 11 is 6.04. The van der Waals surface area contributed by atoms with Crippen molar-refractivity contribution in [2.75, 3.05) is 5.32 Å². The van der Waals surface area contributed by atoms with E-state index in [1.165, 1.54) is 0 Å². The summed E-state index contributed by atoms with van der Waals surface area (Å²) in [6.45, 7) is 1.09. The lowest BCUT2D eigenvalue weighted by molar-refractivity contribution is 0.251. The lowest BCUT2D eigenvalue weighted by Gasteiger charge is -2.12. The van der Waals surface area contributed by atoms with Gasteiger partial charge in [0.2, 0.25) is 0 Å². The van der Waals surface area contributed by atoms with Crippen molar-refractivity contribution in [2.24, 2.45) is 0 Å². The summed E-state index contributed by atoms with van der Waals surface area (Å²) in [5.74, 6) is 0. The molecule has 0 aliphatic carbocycles. The molecule has 24 heavy (non-hydrogen) atoms. The number of para-hydroxylation sites is 1. The molecule has 0 bridgehead atoms. The molecule has 0 radical (unpaired) electrons. The second-order valence-corrected chi connectivity index (χ2v) is 5.67. The van der Waals surface area contributed by atoms with Crippen LogP contribution < -0.4 is 10.6 Å². The van der Waals surface area contributed by atoms with E-state index in [2.05, 4.69) is 15.7 Å². The van der Waals surface area contributed by atoms with Crippen LogP contribution in [-0.4, -0.2) is 15.8 Å². The smallest absolute Gasteiger partial charge is 0.319 e. The monoisotopic (exact) mass is 340 g/mol. The zero-order chi connectivity index (χ0) is 16.8. The molecule has 0 spiro atoms. The van der Waals surface area contributed by atoms with Crippen LogP contribution in [0.3, 0.4) is 0 Å². The largest absolute Gasteiger partial charge is 0.334 e. The van der Waals surface area contributed by atoms with E-state index in [1.54, 1.807) is 18.3 Å². The molecule has 122 valence electrons. The number of nitrogens with zero attached hydrogens (tertiary/aromatic N) is 2. The van der Waals surface area contributed by atoms with Gasteiger partial charge in [-0.15, -0.1) is 0 Å². The Bertz CT molecular complexity index is 817. The van der Waals surface area contributed by atoms with Crippen molar-refractivity contribution in [1.29, 1.82) is 0 Å². The molecule has 3 aromatic rings. The lowest BCUT2D eigenvalue weighted by Crippen LogP contribution is -2.28. The van der Waals surface area contributed by atoms with E-state index < -0.39 is 0 Å². The van der Waals surface area contributed by atoms with Crippen LogP contribution in [0, 0.1) is 0 Å². The summed E-state index contributed by atoms with van der Waals surface area (Å²) in [4.78, 5) is 12.1. The van der Waals surface area contributed by atoms with Crippen LogP contribution in [0.1, 0.15) is 11.1 Å². The molecule has 6 heteroatoms. The van der Waals surface area contributed by atoms with Crippen LogP contribution in [0.4, 0.5) is 10.5 Å². The molecule has 0 atom stereocenters. The standard InChI is InChI=1S/C18H17ClN4O/c19-16-8-3-4-9-17(16)22-18(24)20-12-14-6-1-2-7-15(14)13-23-11-5-10-21-23/h1-11H,12-13H2,(H2,20,22,24). The molecule has 0 aliphatic heterocycles. The number of rotatable bonds is 5. The third-order valence-corrected chi connectivity index (χ3v) is 3.90. The summed E-state index contributed by atoms with van der Waals surface area (Å²) in [5.41, 5.74) is 2.74.